The Morgan fingerprint density at radius 3 is 2.53 bits per heavy atom. The van der Waals surface area contributed by atoms with Crippen molar-refractivity contribution in [1.82, 2.24) is 0 Å². The summed E-state index contributed by atoms with van der Waals surface area (Å²) in [5.41, 5.74) is 9.13. The van der Waals surface area contributed by atoms with Gasteiger partial charge in [-0.05, 0) is 46.1 Å². The van der Waals surface area contributed by atoms with E-state index in [0.717, 1.165) is 18.5 Å². The van der Waals surface area contributed by atoms with Gasteiger partial charge in [0.05, 0.1) is 15.8 Å². The molecule has 0 spiro atoms. The molecule has 0 aromatic heterocycles. The fraction of sp³-hybridized carbons (Fsp3) is 0.200. The molecule has 0 saturated carbocycles. The van der Waals surface area contributed by atoms with Gasteiger partial charge in [0.15, 0.2) is 0 Å². The maximum Gasteiger partial charge on any atom is 0.139 e. The molecule has 0 aliphatic heterocycles. The van der Waals surface area contributed by atoms with Crippen LogP contribution in [0.5, 0.6) is 0 Å². The Labute approximate surface area is 121 Å². The van der Waals surface area contributed by atoms with Crippen LogP contribution < -0.4 is 11.1 Å². The van der Waals surface area contributed by atoms with E-state index in [1.54, 1.807) is 6.07 Å². The molecule has 0 aliphatic carbocycles. The number of anilines is 3. The third-order valence-corrected chi connectivity index (χ3v) is 3.47. The van der Waals surface area contributed by atoms with Gasteiger partial charge in [-0.2, -0.15) is 0 Å². The second-order valence-corrected chi connectivity index (χ2v) is 5.28. The van der Waals surface area contributed by atoms with E-state index in [0.29, 0.717) is 15.8 Å². The minimum absolute atomic E-state index is 0.334. The smallest absolute Gasteiger partial charge is 0.139 e. The highest BCUT2D eigenvalue weighted by Gasteiger charge is 2.06. The first-order chi connectivity index (χ1) is 9.10. The van der Waals surface area contributed by atoms with E-state index in [9.17, 15) is 4.39 Å². The van der Waals surface area contributed by atoms with E-state index in [1.807, 2.05) is 12.1 Å². The maximum absolute atomic E-state index is 13.5. The van der Waals surface area contributed by atoms with Crippen LogP contribution in [0, 0.1) is 5.82 Å². The highest BCUT2D eigenvalue weighted by molar-refractivity contribution is 9.10. The standard InChI is InChI=1S/C15H16BrFN2/c1-2-3-10-4-6-11(7-5-10)19-15-9-13(17)12(16)8-14(15)18/h4-9,19H,2-3,18H2,1H3. The fourth-order valence-corrected chi connectivity index (χ4v) is 2.23. The highest BCUT2D eigenvalue weighted by atomic mass is 79.9. The third kappa shape index (κ3) is 3.47. The van der Waals surface area contributed by atoms with Crippen molar-refractivity contribution in [1.29, 1.82) is 0 Å². The van der Waals surface area contributed by atoms with E-state index in [1.165, 1.54) is 11.6 Å². The van der Waals surface area contributed by atoms with Crippen molar-refractivity contribution in [3.05, 3.63) is 52.3 Å². The summed E-state index contributed by atoms with van der Waals surface area (Å²) in [6.45, 7) is 2.15. The number of hydrogen-bond acceptors (Lipinski definition) is 2. The molecule has 19 heavy (non-hydrogen) atoms. The molecule has 2 aromatic rings. The van der Waals surface area contributed by atoms with Crippen molar-refractivity contribution in [2.24, 2.45) is 0 Å². The Morgan fingerprint density at radius 2 is 1.89 bits per heavy atom. The van der Waals surface area contributed by atoms with Crippen molar-refractivity contribution >= 4 is 33.0 Å². The lowest BCUT2D eigenvalue weighted by Crippen LogP contribution is -1.98. The van der Waals surface area contributed by atoms with Crippen LogP contribution in [0.15, 0.2) is 40.9 Å². The Morgan fingerprint density at radius 1 is 1.21 bits per heavy atom. The van der Waals surface area contributed by atoms with Gasteiger partial charge in [-0.3, -0.25) is 0 Å². The maximum atomic E-state index is 13.5. The average Bonchev–Trinajstić information content (AvgIpc) is 2.38. The molecule has 2 aromatic carbocycles. The first-order valence-electron chi connectivity index (χ1n) is 6.20. The normalized spacial score (nSPS) is 10.5. The molecule has 0 amide bonds. The van der Waals surface area contributed by atoms with Crippen molar-refractivity contribution in [3.63, 3.8) is 0 Å². The van der Waals surface area contributed by atoms with E-state index >= 15 is 0 Å². The number of benzene rings is 2. The largest absolute Gasteiger partial charge is 0.397 e. The molecular weight excluding hydrogens is 307 g/mol. The van der Waals surface area contributed by atoms with Gasteiger partial charge in [0.2, 0.25) is 0 Å². The van der Waals surface area contributed by atoms with Gasteiger partial charge in [-0.25, -0.2) is 4.39 Å². The fourth-order valence-electron chi connectivity index (χ4n) is 1.87. The number of halogens is 2. The minimum atomic E-state index is -0.334. The topological polar surface area (TPSA) is 38.0 Å². The van der Waals surface area contributed by atoms with Crippen LogP contribution in [-0.4, -0.2) is 0 Å². The first kappa shape index (κ1) is 13.9. The van der Waals surface area contributed by atoms with E-state index in [4.69, 9.17) is 5.73 Å². The third-order valence-electron chi connectivity index (χ3n) is 2.86. The molecule has 0 bridgehead atoms. The quantitative estimate of drug-likeness (QED) is 0.788. The zero-order valence-corrected chi connectivity index (χ0v) is 12.3. The Hall–Kier alpha value is -1.55. The molecule has 4 heteroatoms. The molecule has 0 radical (unpaired) electrons. The van der Waals surface area contributed by atoms with Crippen LogP contribution in [0.25, 0.3) is 0 Å². The summed E-state index contributed by atoms with van der Waals surface area (Å²) in [6.07, 6.45) is 2.19. The van der Waals surface area contributed by atoms with Crippen LogP contribution in [0.2, 0.25) is 0 Å². The van der Waals surface area contributed by atoms with E-state index in [-0.39, 0.29) is 5.82 Å². The van der Waals surface area contributed by atoms with Gasteiger partial charge in [-0.15, -0.1) is 0 Å². The summed E-state index contributed by atoms with van der Waals surface area (Å²) in [7, 11) is 0. The van der Waals surface area contributed by atoms with Crippen molar-refractivity contribution in [2.75, 3.05) is 11.1 Å². The second kappa shape index (κ2) is 6.06. The lowest BCUT2D eigenvalue weighted by molar-refractivity contribution is 0.622. The van der Waals surface area contributed by atoms with Crippen LogP contribution in [0.3, 0.4) is 0 Å². The molecule has 100 valence electrons. The molecular formula is C15H16BrFN2. The predicted molar refractivity (Wildman–Crippen MR) is 82.2 cm³/mol. The average molecular weight is 323 g/mol. The van der Waals surface area contributed by atoms with Crippen LogP contribution in [0.4, 0.5) is 21.5 Å². The van der Waals surface area contributed by atoms with Crippen molar-refractivity contribution in [2.45, 2.75) is 19.8 Å². The van der Waals surface area contributed by atoms with E-state index < -0.39 is 0 Å². The second-order valence-electron chi connectivity index (χ2n) is 4.43. The Balaban J connectivity index is 2.19. The number of hydrogen-bond donors (Lipinski definition) is 2. The molecule has 0 saturated heterocycles. The summed E-state index contributed by atoms with van der Waals surface area (Å²) in [5, 5.41) is 3.12. The van der Waals surface area contributed by atoms with Gasteiger partial charge >= 0.3 is 0 Å². The van der Waals surface area contributed by atoms with Crippen molar-refractivity contribution < 1.29 is 4.39 Å². The predicted octanol–water partition coefficient (Wildman–Crippen LogP) is 4.87. The Kier molecular flexibility index (Phi) is 4.43. The zero-order chi connectivity index (χ0) is 13.8. The molecule has 0 unspecified atom stereocenters. The highest BCUT2D eigenvalue weighted by Crippen LogP contribution is 2.29. The summed E-state index contributed by atoms with van der Waals surface area (Å²) in [6, 6.07) is 11.0. The molecule has 0 atom stereocenters. The molecule has 0 aliphatic rings. The number of nitrogens with two attached hydrogens (primary N) is 1. The minimum Gasteiger partial charge on any atom is -0.397 e. The van der Waals surface area contributed by atoms with Gasteiger partial charge in [0.25, 0.3) is 0 Å². The summed E-state index contributed by atoms with van der Waals surface area (Å²) in [4.78, 5) is 0. The van der Waals surface area contributed by atoms with Crippen LogP contribution in [-0.2, 0) is 6.42 Å². The number of aryl methyl sites for hydroxylation is 1. The van der Waals surface area contributed by atoms with Crippen LogP contribution in [0.1, 0.15) is 18.9 Å². The summed E-state index contributed by atoms with van der Waals surface area (Å²) in [5.74, 6) is -0.334. The molecule has 0 heterocycles. The van der Waals surface area contributed by atoms with Gasteiger partial charge in [0, 0.05) is 11.8 Å². The summed E-state index contributed by atoms with van der Waals surface area (Å²) < 4.78 is 13.9. The SMILES string of the molecule is CCCc1ccc(Nc2cc(F)c(Br)cc2N)cc1. The molecule has 3 N–H and O–H groups in total. The number of rotatable bonds is 4. The number of nitrogen functional groups attached to an aromatic ring is 1. The monoisotopic (exact) mass is 322 g/mol. The first-order valence-corrected chi connectivity index (χ1v) is 7.00. The summed E-state index contributed by atoms with van der Waals surface area (Å²) >= 11 is 3.11. The lowest BCUT2D eigenvalue weighted by atomic mass is 10.1. The lowest BCUT2D eigenvalue weighted by Gasteiger charge is -2.11. The molecule has 2 nitrogen and oxygen atoms in total. The van der Waals surface area contributed by atoms with Crippen molar-refractivity contribution in [3.8, 4) is 0 Å². The molecule has 2 rings (SSSR count). The molecule has 0 fully saturated rings. The van der Waals surface area contributed by atoms with Crippen LogP contribution >= 0.6 is 15.9 Å². The van der Waals surface area contributed by atoms with Gasteiger partial charge < -0.3 is 11.1 Å². The van der Waals surface area contributed by atoms with Gasteiger partial charge in [0.1, 0.15) is 5.82 Å². The van der Waals surface area contributed by atoms with E-state index in [2.05, 4.69) is 40.3 Å². The van der Waals surface area contributed by atoms with Gasteiger partial charge in [-0.1, -0.05) is 25.5 Å². The zero-order valence-electron chi connectivity index (χ0n) is 10.7. The number of nitrogens with one attached hydrogen (secondary N) is 1. The Bertz CT molecular complexity index is 567.